The fourth-order valence-corrected chi connectivity index (χ4v) is 0.776. The molecule has 1 aromatic carbocycles. The van der Waals surface area contributed by atoms with Crippen molar-refractivity contribution in [1.29, 1.82) is 0 Å². The highest BCUT2D eigenvalue weighted by atomic mass is 16.5. The zero-order chi connectivity index (χ0) is 9.03. The van der Waals surface area contributed by atoms with Crippen LogP contribution in [0.5, 0.6) is 0 Å². The van der Waals surface area contributed by atoms with Crippen molar-refractivity contribution in [3.63, 3.8) is 0 Å². The van der Waals surface area contributed by atoms with Gasteiger partial charge in [0.2, 0.25) is 0 Å². The van der Waals surface area contributed by atoms with Crippen LogP contribution in [0.15, 0.2) is 30.3 Å². The number of ether oxygens (including phenoxy) is 1. The Kier molecular flexibility index (Phi) is 2.88. The van der Waals surface area contributed by atoms with Gasteiger partial charge in [0.05, 0.1) is 5.60 Å². The minimum absolute atomic E-state index is 0.101. The Hall–Kier alpha value is -0.820. The van der Waals surface area contributed by atoms with Crippen molar-refractivity contribution >= 4 is 0 Å². The van der Waals surface area contributed by atoms with E-state index in [0.717, 1.165) is 5.56 Å². The SMILES string of the molecule is CC(C)(C)O[CH]c1ccccc1. The van der Waals surface area contributed by atoms with E-state index in [9.17, 15) is 0 Å². The lowest BCUT2D eigenvalue weighted by Gasteiger charge is -2.18. The van der Waals surface area contributed by atoms with Crippen molar-refractivity contribution in [3.05, 3.63) is 42.5 Å². The van der Waals surface area contributed by atoms with Gasteiger partial charge in [0, 0.05) is 0 Å². The van der Waals surface area contributed by atoms with E-state index < -0.39 is 0 Å². The lowest BCUT2D eigenvalue weighted by Crippen LogP contribution is -2.17. The summed E-state index contributed by atoms with van der Waals surface area (Å²) in [5, 5.41) is 0. The van der Waals surface area contributed by atoms with Gasteiger partial charge < -0.3 is 4.74 Å². The Labute approximate surface area is 74.4 Å². The first-order chi connectivity index (χ1) is 5.58. The first-order valence-corrected chi connectivity index (χ1v) is 4.14. The van der Waals surface area contributed by atoms with Crippen LogP contribution in [0.3, 0.4) is 0 Å². The molecule has 1 aromatic rings. The molecule has 0 atom stereocenters. The summed E-state index contributed by atoms with van der Waals surface area (Å²) in [5.74, 6) is 0. The van der Waals surface area contributed by atoms with Crippen molar-refractivity contribution in [3.8, 4) is 0 Å². The molecule has 1 rings (SSSR count). The van der Waals surface area contributed by atoms with E-state index in [-0.39, 0.29) is 5.60 Å². The Balaban J connectivity index is 2.44. The molecular weight excluding hydrogens is 148 g/mol. The van der Waals surface area contributed by atoms with Crippen molar-refractivity contribution in [2.45, 2.75) is 26.4 Å². The molecule has 0 aromatic heterocycles. The maximum absolute atomic E-state index is 5.49. The Morgan fingerprint density at radius 3 is 2.17 bits per heavy atom. The molecule has 0 heterocycles. The minimum atomic E-state index is -0.101. The van der Waals surface area contributed by atoms with Crippen LogP contribution in [-0.4, -0.2) is 5.60 Å². The van der Waals surface area contributed by atoms with Gasteiger partial charge in [0.25, 0.3) is 0 Å². The van der Waals surface area contributed by atoms with Crippen molar-refractivity contribution in [2.24, 2.45) is 0 Å². The van der Waals surface area contributed by atoms with Gasteiger partial charge in [-0.25, -0.2) is 0 Å². The average molecular weight is 163 g/mol. The van der Waals surface area contributed by atoms with Crippen LogP contribution >= 0.6 is 0 Å². The monoisotopic (exact) mass is 163 g/mol. The Bertz CT molecular complexity index is 221. The largest absolute Gasteiger partial charge is 0.365 e. The molecule has 65 valence electrons. The van der Waals surface area contributed by atoms with E-state index in [1.807, 2.05) is 51.1 Å². The van der Waals surface area contributed by atoms with Gasteiger partial charge in [0.15, 0.2) is 0 Å². The van der Waals surface area contributed by atoms with Crippen LogP contribution < -0.4 is 0 Å². The van der Waals surface area contributed by atoms with Crippen LogP contribution in [0.1, 0.15) is 26.3 Å². The topological polar surface area (TPSA) is 9.23 Å². The molecule has 0 unspecified atom stereocenters. The van der Waals surface area contributed by atoms with Crippen LogP contribution in [0.2, 0.25) is 0 Å². The third-order valence-corrected chi connectivity index (χ3v) is 1.35. The predicted octanol–water partition coefficient (Wildman–Crippen LogP) is 3.01. The van der Waals surface area contributed by atoms with E-state index in [4.69, 9.17) is 4.74 Å². The van der Waals surface area contributed by atoms with Gasteiger partial charge in [0.1, 0.15) is 6.61 Å². The minimum Gasteiger partial charge on any atom is -0.365 e. The summed E-state index contributed by atoms with van der Waals surface area (Å²) in [5.41, 5.74) is 1.00. The molecule has 0 aliphatic carbocycles. The summed E-state index contributed by atoms with van der Waals surface area (Å²) < 4.78 is 5.49. The molecule has 0 saturated carbocycles. The number of hydrogen-bond acceptors (Lipinski definition) is 1. The normalized spacial score (nSPS) is 11.6. The summed E-state index contributed by atoms with van der Waals surface area (Å²) in [6, 6.07) is 10.0. The van der Waals surface area contributed by atoms with Crippen LogP contribution in [0, 0.1) is 6.61 Å². The first-order valence-electron chi connectivity index (χ1n) is 4.14. The maximum atomic E-state index is 5.49. The second kappa shape index (κ2) is 3.72. The average Bonchev–Trinajstić information content (AvgIpc) is 2.02. The molecule has 0 saturated heterocycles. The van der Waals surface area contributed by atoms with Gasteiger partial charge in [-0.2, -0.15) is 0 Å². The number of benzene rings is 1. The Morgan fingerprint density at radius 2 is 1.67 bits per heavy atom. The van der Waals surface area contributed by atoms with Crippen molar-refractivity contribution in [2.75, 3.05) is 0 Å². The maximum Gasteiger partial charge on any atom is 0.114 e. The van der Waals surface area contributed by atoms with E-state index in [0.29, 0.717) is 0 Å². The number of rotatable bonds is 2. The third-order valence-electron chi connectivity index (χ3n) is 1.35. The summed E-state index contributed by atoms with van der Waals surface area (Å²) in [6.07, 6.45) is 0. The highest BCUT2D eigenvalue weighted by Gasteiger charge is 2.09. The summed E-state index contributed by atoms with van der Waals surface area (Å²) in [6.45, 7) is 7.89. The van der Waals surface area contributed by atoms with Gasteiger partial charge >= 0.3 is 0 Å². The van der Waals surface area contributed by atoms with E-state index >= 15 is 0 Å². The van der Waals surface area contributed by atoms with Crippen molar-refractivity contribution in [1.82, 2.24) is 0 Å². The fraction of sp³-hybridized carbons (Fsp3) is 0.364. The summed E-state index contributed by atoms with van der Waals surface area (Å²) >= 11 is 0. The van der Waals surface area contributed by atoms with Gasteiger partial charge in [-0.1, -0.05) is 30.3 Å². The molecule has 0 fully saturated rings. The van der Waals surface area contributed by atoms with E-state index in [2.05, 4.69) is 0 Å². The molecule has 0 amide bonds. The van der Waals surface area contributed by atoms with Gasteiger partial charge in [-0.05, 0) is 26.3 Å². The molecule has 0 spiro atoms. The second-order valence-corrected chi connectivity index (χ2v) is 3.76. The van der Waals surface area contributed by atoms with E-state index in [1.54, 1.807) is 6.61 Å². The first kappa shape index (κ1) is 9.27. The molecule has 1 nitrogen and oxygen atoms in total. The molecule has 0 bridgehead atoms. The smallest absolute Gasteiger partial charge is 0.114 e. The zero-order valence-corrected chi connectivity index (χ0v) is 7.87. The lowest BCUT2D eigenvalue weighted by molar-refractivity contribution is 0.0511. The highest BCUT2D eigenvalue weighted by Crippen LogP contribution is 2.12. The van der Waals surface area contributed by atoms with Gasteiger partial charge in [-0.3, -0.25) is 0 Å². The lowest BCUT2D eigenvalue weighted by atomic mass is 10.2. The molecule has 1 radical (unpaired) electrons. The van der Waals surface area contributed by atoms with Crippen molar-refractivity contribution < 1.29 is 4.74 Å². The zero-order valence-electron chi connectivity index (χ0n) is 7.87. The van der Waals surface area contributed by atoms with Crippen LogP contribution in [0.4, 0.5) is 0 Å². The number of hydrogen-bond donors (Lipinski definition) is 0. The third kappa shape index (κ3) is 3.54. The molecule has 1 heteroatoms. The fourth-order valence-electron chi connectivity index (χ4n) is 0.776. The summed E-state index contributed by atoms with van der Waals surface area (Å²) in [4.78, 5) is 0. The molecule has 0 aliphatic heterocycles. The summed E-state index contributed by atoms with van der Waals surface area (Å²) in [7, 11) is 0. The second-order valence-electron chi connectivity index (χ2n) is 3.76. The van der Waals surface area contributed by atoms with E-state index in [1.165, 1.54) is 0 Å². The quantitative estimate of drug-likeness (QED) is 0.651. The molecule has 12 heavy (non-hydrogen) atoms. The van der Waals surface area contributed by atoms with Gasteiger partial charge in [-0.15, -0.1) is 0 Å². The standard InChI is InChI=1S/C11H15O/c1-11(2,3)12-9-10-7-5-4-6-8-10/h4-9H,1-3H3. The predicted molar refractivity (Wildman–Crippen MR) is 50.7 cm³/mol. The molecular formula is C11H15O. The Morgan fingerprint density at radius 1 is 1.08 bits per heavy atom. The molecule has 0 N–H and O–H groups in total. The van der Waals surface area contributed by atoms with Crippen LogP contribution in [-0.2, 0) is 4.74 Å². The highest BCUT2D eigenvalue weighted by molar-refractivity contribution is 5.19. The van der Waals surface area contributed by atoms with Crippen LogP contribution in [0.25, 0.3) is 0 Å². The molecule has 0 aliphatic rings.